The van der Waals surface area contributed by atoms with E-state index < -0.39 is 0 Å². The van der Waals surface area contributed by atoms with Crippen molar-refractivity contribution in [3.05, 3.63) is 61.1 Å². The van der Waals surface area contributed by atoms with Gasteiger partial charge in [-0.25, -0.2) is 0 Å². The predicted molar refractivity (Wildman–Crippen MR) is 76.8 cm³/mol. The molecule has 0 spiro atoms. The molecular weight excluding hydrogens is 234 g/mol. The number of rotatable bonds is 1. The Labute approximate surface area is 109 Å². The van der Waals surface area contributed by atoms with Crippen molar-refractivity contribution in [3.63, 3.8) is 0 Å². The number of aromatic nitrogens is 3. The molecule has 4 aromatic rings. The summed E-state index contributed by atoms with van der Waals surface area (Å²) in [5.41, 5.74) is 3.47. The van der Waals surface area contributed by atoms with Gasteiger partial charge in [-0.15, -0.1) is 0 Å². The first-order valence-corrected chi connectivity index (χ1v) is 6.19. The summed E-state index contributed by atoms with van der Waals surface area (Å²) < 4.78 is 0. The Bertz CT molecular complexity index is 872. The zero-order chi connectivity index (χ0) is 12.7. The molecule has 0 saturated heterocycles. The molecule has 3 nitrogen and oxygen atoms in total. The van der Waals surface area contributed by atoms with Crippen molar-refractivity contribution < 1.29 is 0 Å². The molecule has 90 valence electrons. The number of pyridine rings is 1. The molecule has 1 N–H and O–H groups in total. The zero-order valence-electron chi connectivity index (χ0n) is 10.2. The molecule has 3 heteroatoms. The van der Waals surface area contributed by atoms with Crippen LogP contribution in [0, 0.1) is 0 Å². The van der Waals surface area contributed by atoms with Crippen molar-refractivity contribution in [3.8, 4) is 11.1 Å². The predicted octanol–water partition coefficient (Wildman–Crippen LogP) is 3.78. The van der Waals surface area contributed by atoms with Gasteiger partial charge in [0.2, 0.25) is 0 Å². The molecule has 19 heavy (non-hydrogen) atoms. The highest BCUT2D eigenvalue weighted by Crippen LogP contribution is 2.32. The second-order valence-electron chi connectivity index (χ2n) is 4.54. The van der Waals surface area contributed by atoms with Crippen LogP contribution in [0.1, 0.15) is 0 Å². The van der Waals surface area contributed by atoms with Crippen molar-refractivity contribution in [2.45, 2.75) is 0 Å². The maximum atomic E-state index is 4.18. The van der Waals surface area contributed by atoms with Gasteiger partial charge in [-0.05, 0) is 28.6 Å². The van der Waals surface area contributed by atoms with Crippen LogP contribution in [-0.2, 0) is 0 Å². The molecule has 0 fully saturated rings. The van der Waals surface area contributed by atoms with E-state index in [1.807, 2.05) is 24.7 Å². The van der Waals surface area contributed by atoms with Gasteiger partial charge < -0.3 is 0 Å². The molecule has 0 radical (unpaired) electrons. The van der Waals surface area contributed by atoms with Crippen LogP contribution in [0.4, 0.5) is 0 Å². The Morgan fingerprint density at radius 2 is 1.63 bits per heavy atom. The highest BCUT2D eigenvalue weighted by atomic mass is 15.1. The van der Waals surface area contributed by atoms with Crippen molar-refractivity contribution in [2.24, 2.45) is 0 Å². The quantitative estimate of drug-likeness (QED) is 0.554. The fourth-order valence-corrected chi connectivity index (χ4v) is 2.56. The van der Waals surface area contributed by atoms with Crippen LogP contribution < -0.4 is 0 Å². The van der Waals surface area contributed by atoms with Gasteiger partial charge in [0.05, 0.1) is 11.7 Å². The number of nitrogens with zero attached hydrogens (tertiary/aromatic N) is 2. The van der Waals surface area contributed by atoms with Crippen molar-refractivity contribution in [1.29, 1.82) is 0 Å². The summed E-state index contributed by atoms with van der Waals surface area (Å²) in [5, 5.41) is 10.7. The zero-order valence-corrected chi connectivity index (χ0v) is 10.2. The van der Waals surface area contributed by atoms with E-state index in [1.54, 1.807) is 0 Å². The van der Waals surface area contributed by atoms with Crippen LogP contribution in [0.5, 0.6) is 0 Å². The first-order chi connectivity index (χ1) is 9.43. The molecular formula is C16H11N3. The van der Waals surface area contributed by atoms with E-state index in [2.05, 4.69) is 51.6 Å². The third kappa shape index (κ3) is 1.52. The van der Waals surface area contributed by atoms with Crippen LogP contribution in [0.25, 0.3) is 32.8 Å². The van der Waals surface area contributed by atoms with Crippen molar-refractivity contribution in [1.82, 2.24) is 15.2 Å². The van der Waals surface area contributed by atoms with Gasteiger partial charge in [-0.3, -0.25) is 10.1 Å². The van der Waals surface area contributed by atoms with E-state index in [-0.39, 0.29) is 0 Å². The number of benzene rings is 2. The maximum absolute atomic E-state index is 4.18. The lowest BCUT2D eigenvalue weighted by molar-refractivity contribution is 1.12. The molecule has 4 rings (SSSR count). The summed E-state index contributed by atoms with van der Waals surface area (Å²) in [6, 6.07) is 14.6. The minimum absolute atomic E-state index is 1.06. The van der Waals surface area contributed by atoms with Crippen LogP contribution >= 0.6 is 0 Å². The monoisotopic (exact) mass is 245 g/mol. The molecule has 0 aliphatic heterocycles. The number of fused-ring (bicyclic) bond motifs is 2. The van der Waals surface area contributed by atoms with Gasteiger partial charge in [0.1, 0.15) is 0 Å². The minimum atomic E-state index is 1.06. The highest BCUT2D eigenvalue weighted by Gasteiger charge is 2.08. The fourth-order valence-electron chi connectivity index (χ4n) is 2.56. The van der Waals surface area contributed by atoms with Gasteiger partial charge >= 0.3 is 0 Å². The number of aromatic amines is 1. The number of hydrogen-bond acceptors (Lipinski definition) is 2. The highest BCUT2D eigenvalue weighted by molar-refractivity contribution is 6.04. The van der Waals surface area contributed by atoms with Gasteiger partial charge in [0.15, 0.2) is 0 Å². The minimum Gasteiger partial charge on any atom is -0.278 e. The van der Waals surface area contributed by atoms with E-state index in [4.69, 9.17) is 0 Å². The van der Waals surface area contributed by atoms with Crippen LogP contribution in [-0.4, -0.2) is 15.2 Å². The largest absolute Gasteiger partial charge is 0.278 e. The van der Waals surface area contributed by atoms with Crippen molar-refractivity contribution >= 4 is 21.7 Å². The molecule has 0 aliphatic carbocycles. The molecule has 0 aliphatic rings. The van der Waals surface area contributed by atoms with E-state index in [0.717, 1.165) is 16.3 Å². The van der Waals surface area contributed by atoms with E-state index in [1.165, 1.54) is 16.5 Å². The van der Waals surface area contributed by atoms with Gasteiger partial charge in [0.25, 0.3) is 0 Å². The van der Waals surface area contributed by atoms with Crippen LogP contribution in [0.3, 0.4) is 0 Å². The fraction of sp³-hybridized carbons (Fsp3) is 0. The van der Waals surface area contributed by atoms with E-state index in [9.17, 15) is 0 Å². The average molecular weight is 245 g/mol. The first kappa shape index (κ1) is 10.3. The van der Waals surface area contributed by atoms with Gasteiger partial charge in [-0.2, -0.15) is 5.10 Å². The molecule has 2 aromatic heterocycles. The summed E-state index contributed by atoms with van der Waals surface area (Å²) in [6.45, 7) is 0. The smallest absolute Gasteiger partial charge is 0.0656 e. The number of H-pyrrole nitrogens is 1. The van der Waals surface area contributed by atoms with E-state index >= 15 is 0 Å². The molecule has 0 amide bonds. The Kier molecular flexibility index (Phi) is 2.12. The number of nitrogens with one attached hydrogen (secondary N) is 1. The summed E-state index contributed by atoms with van der Waals surface area (Å²) >= 11 is 0. The molecule has 2 heterocycles. The summed E-state index contributed by atoms with van der Waals surface area (Å²) in [4.78, 5) is 4.18. The van der Waals surface area contributed by atoms with Crippen molar-refractivity contribution in [2.75, 3.05) is 0 Å². The van der Waals surface area contributed by atoms with E-state index in [0.29, 0.717) is 0 Å². The molecule has 0 unspecified atom stereocenters. The lowest BCUT2D eigenvalue weighted by Crippen LogP contribution is -1.83. The molecule has 0 bridgehead atoms. The lowest BCUT2D eigenvalue weighted by Gasteiger charge is -2.07. The van der Waals surface area contributed by atoms with Crippen LogP contribution in [0.2, 0.25) is 0 Å². The van der Waals surface area contributed by atoms with Gasteiger partial charge in [-0.1, -0.05) is 30.3 Å². The Morgan fingerprint density at radius 3 is 2.58 bits per heavy atom. The summed E-state index contributed by atoms with van der Waals surface area (Å²) in [5.74, 6) is 0. The third-order valence-electron chi connectivity index (χ3n) is 3.46. The second kappa shape index (κ2) is 3.92. The Hall–Kier alpha value is -2.68. The second-order valence-corrected chi connectivity index (χ2v) is 4.54. The topological polar surface area (TPSA) is 41.6 Å². The Balaban J connectivity index is 2.12. The summed E-state index contributed by atoms with van der Waals surface area (Å²) in [6.07, 6.45) is 5.61. The average Bonchev–Trinajstić information content (AvgIpc) is 2.95. The third-order valence-corrected chi connectivity index (χ3v) is 3.46. The van der Waals surface area contributed by atoms with Crippen LogP contribution in [0.15, 0.2) is 61.1 Å². The number of hydrogen-bond donors (Lipinski definition) is 1. The maximum Gasteiger partial charge on any atom is 0.0656 e. The SMILES string of the molecule is c1cc(-c2cccc3[nH]ncc23)c2ccncc2c1. The molecule has 0 saturated carbocycles. The van der Waals surface area contributed by atoms with Gasteiger partial charge in [0, 0.05) is 23.2 Å². The first-order valence-electron chi connectivity index (χ1n) is 6.19. The normalized spacial score (nSPS) is 11.2. The summed E-state index contributed by atoms with van der Waals surface area (Å²) in [7, 11) is 0. The molecule has 2 aromatic carbocycles. The standard InChI is InChI=1S/C16H11N3/c1-3-11-9-17-8-7-12(11)13(4-1)14-5-2-6-16-15(14)10-18-19-16/h1-10H,(H,18,19). The lowest BCUT2D eigenvalue weighted by atomic mass is 9.97. The molecule has 0 atom stereocenters. The Morgan fingerprint density at radius 1 is 0.789 bits per heavy atom.